The van der Waals surface area contributed by atoms with E-state index < -0.39 is 122 Å². The number of carbonyl (C=O) groups excluding carboxylic acids is 8. The lowest BCUT2D eigenvalue weighted by Crippen LogP contribution is -2.68. The van der Waals surface area contributed by atoms with Crippen LogP contribution in [0.1, 0.15) is 58.8 Å². The zero-order valence-corrected chi connectivity index (χ0v) is 31.8. The highest BCUT2D eigenvalue weighted by Gasteiger charge is 2.57. The number of nitrogens with one attached hydrogen (secondary N) is 1. The van der Waals surface area contributed by atoms with E-state index in [0.29, 0.717) is 0 Å². The fraction of sp³-hybridized carbons (Fsp3) is 0.588. The molecule has 0 radical (unpaired) electrons. The minimum absolute atomic E-state index is 0.0165. The molecule has 0 aliphatic carbocycles. The lowest BCUT2D eigenvalue weighted by molar-refractivity contribution is -0.345. The summed E-state index contributed by atoms with van der Waals surface area (Å²) in [4.78, 5) is 99.4. The number of ether oxygens (including phenoxy) is 11. The Bertz CT molecular complexity index is 1620. The van der Waals surface area contributed by atoms with Gasteiger partial charge in [-0.15, -0.1) is 0 Å². The number of amides is 1. The maximum Gasteiger partial charge on any atom is 0.303 e. The Balaban J connectivity index is 2.17. The highest BCUT2D eigenvalue weighted by Crippen LogP contribution is 2.35. The molecule has 2 fully saturated rings. The van der Waals surface area contributed by atoms with Crippen molar-refractivity contribution in [2.45, 2.75) is 110 Å². The summed E-state index contributed by atoms with van der Waals surface area (Å²) in [6.07, 6.45) is -16.5. The van der Waals surface area contributed by atoms with Crippen LogP contribution in [-0.2, 0) is 80.9 Å². The van der Waals surface area contributed by atoms with E-state index in [2.05, 4.69) is 5.32 Å². The first kappa shape index (κ1) is 44.3. The van der Waals surface area contributed by atoms with Crippen molar-refractivity contribution in [2.75, 3.05) is 20.3 Å². The number of hydrogen-bond donors (Lipinski definition) is 1. The molecule has 1 aromatic rings. The minimum atomic E-state index is -1.86. The molecule has 55 heavy (non-hydrogen) atoms. The highest BCUT2D eigenvalue weighted by atomic mass is 35.5. The average Bonchev–Trinajstić information content (AvgIpc) is 3.07. The fourth-order valence-electron chi connectivity index (χ4n) is 5.64. The van der Waals surface area contributed by atoms with Gasteiger partial charge in [-0.25, -0.2) is 0 Å². The zero-order valence-electron chi connectivity index (χ0n) is 31.1. The number of carbonyl (C=O) groups is 8. The molecule has 0 aromatic heterocycles. The molecule has 2 aliphatic rings. The van der Waals surface area contributed by atoms with E-state index in [9.17, 15) is 38.4 Å². The summed E-state index contributed by atoms with van der Waals surface area (Å²) in [6, 6.07) is 4.07. The van der Waals surface area contributed by atoms with E-state index in [0.717, 1.165) is 48.5 Å². The van der Waals surface area contributed by atoms with E-state index in [1.807, 2.05) is 0 Å². The minimum Gasteiger partial charge on any atom is -0.495 e. The molecule has 0 bridgehead atoms. The number of rotatable bonds is 14. The van der Waals surface area contributed by atoms with E-state index in [-0.39, 0.29) is 16.3 Å². The molecule has 304 valence electrons. The highest BCUT2D eigenvalue weighted by molar-refractivity contribution is 6.32. The maximum absolute atomic E-state index is 13.5. The van der Waals surface area contributed by atoms with Crippen molar-refractivity contribution in [3.05, 3.63) is 28.8 Å². The summed E-state index contributed by atoms with van der Waals surface area (Å²) in [5.41, 5.74) is 0.0165. The molecule has 21 heteroatoms. The van der Waals surface area contributed by atoms with Gasteiger partial charge in [0.05, 0.1) is 12.1 Å². The normalized spacial score (nSPS) is 27.3. The van der Waals surface area contributed by atoms with Gasteiger partial charge >= 0.3 is 41.8 Å². The third-order valence-electron chi connectivity index (χ3n) is 7.61. The first-order valence-corrected chi connectivity index (χ1v) is 16.9. The molecule has 1 aromatic carbocycles. The van der Waals surface area contributed by atoms with Crippen molar-refractivity contribution in [3.63, 3.8) is 0 Å². The van der Waals surface area contributed by atoms with Crippen LogP contribution >= 0.6 is 11.6 Å². The molecule has 2 heterocycles. The van der Waals surface area contributed by atoms with Crippen molar-refractivity contribution in [1.29, 1.82) is 0 Å². The lowest BCUT2D eigenvalue weighted by Gasteiger charge is -2.48. The van der Waals surface area contributed by atoms with Crippen molar-refractivity contribution >= 4 is 59.3 Å². The number of halogens is 1. The summed E-state index contributed by atoms with van der Waals surface area (Å²) in [5.74, 6) is -6.86. The molecule has 1 amide bonds. The quantitative estimate of drug-likeness (QED) is 0.201. The van der Waals surface area contributed by atoms with Crippen molar-refractivity contribution < 1.29 is 90.5 Å². The third kappa shape index (κ3) is 12.8. The molecule has 0 unspecified atom stereocenters. The number of esters is 7. The van der Waals surface area contributed by atoms with Gasteiger partial charge in [0.2, 0.25) is 0 Å². The molecule has 2 saturated heterocycles. The van der Waals surface area contributed by atoms with Gasteiger partial charge in [0.25, 0.3) is 5.91 Å². The molecule has 0 saturated carbocycles. The monoisotopic (exact) mass is 803 g/mol. The number of methoxy groups -OCH3 is 1. The molecular weight excluding hydrogens is 762 g/mol. The van der Waals surface area contributed by atoms with Crippen LogP contribution in [0.4, 0.5) is 0 Å². The van der Waals surface area contributed by atoms with Gasteiger partial charge in [0.1, 0.15) is 37.3 Å². The molecule has 2 aliphatic heterocycles. The van der Waals surface area contributed by atoms with Crippen molar-refractivity contribution in [2.24, 2.45) is 0 Å². The second-order valence-electron chi connectivity index (χ2n) is 12.0. The standard InChI is InChI=1S/C34H42ClNO19/c1-14(37)46-12-24-27(55-34-31(52-20(7)43)29(50-18(5)41)26(48-16(3)39)25(54-34)13-47-15(2)38)28(49-17(4)40)30(51-19(6)42)33(53-24)36-32(44)21-9-10-22(35)23(11-21)45-8/h9-11,24-31,33-34H,12-13H2,1-8H3,(H,36,44)/t24-,25-,26-,27-,28+,29+,30-,31-,33-,34+/m1/s1. The zero-order chi connectivity index (χ0) is 41.1. The van der Waals surface area contributed by atoms with E-state index >= 15 is 0 Å². The third-order valence-corrected chi connectivity index (χ3v) is 7.93. The molecule has 10 atom stereocenters. The summed E-state index contributed by atoms with van der Waals surface area (Å²) < 4.78 is 61.4. The first-order chi connectivity index (χ1) is 25.8. The summed E-state index contributed by atoms with van der Waals surface area (Å²) >= 11 is 6.11. The topological polar surface area (TPSA) is 250 Å². The van der Waals surface area contributed by atoms with Gasteiger partial charge in [-0.1, -0.05) is 11.6 Å². The van der Waals surface area contributed by atoms with Crippen LogP contribution in [0, 0.1) is 0 Å². The fourth-order valence-corrected chi connectivity index (χ4v) is 5.84. The molecule has 3 rings (SSSR count). The van der Waals surface area contributed by atoms with Crippen molar-refractivity contribution in [1.82, 2.24) is 5.32 Å². The van der Waals surface area contributed by atoms with Crippen LogP contribution in [0.5, 0.6) is 5.75 Å². The Labute approximate surface area is 319 Å². The van der Waals surface area contributed by atoms with Gasteiger partial charge in [-0.2, -0.15) is 0 Å². The van der Waals surface area contributed by atoms with Gasteiger partial charge < -0.3 is 57.4 Å². The molecule has 1 N–H and O–H groups in total. The summed E-state index contributed by atoms with van der Waals surface area (Å²) in [5, 5.41) is 2.75. The predicted molar refractivity (Wildman–Crippen MR) is 179 cm³/mol. The van der Waals surface area contributed by atoms with Gasteiger partial charge in [0, 0.05) is 54.0 Å². The van der Waals surface area contributed by atoms with Crippen LogP contribution in [0.2, 0.25) is 5.02 Å². The Morgan fingerprint density at radius 1 is 0.600 bits per heavy atom. The Morgan fingerprint density at radius 2 is 1.05 bits per heavy atom. The number of benzene rings is 1. The Hall–Kier alpha value is -5.05. The van der Waals surface area contributed by atoms with Gasteiger partial charge in [0.15, 0.2) is 43.0 Å². The number of hydrogen-bond acceptors (Lipinski definition) is 19. The maximum atomic E-state index is 13.5. The SMILES string of the molecule is COc1cc(C(=O)N[C@@H]2O[C@H](COC(C)=O)[C@@H](O[C@@H]3O[C@H](COC(C)=O)[C@@H](OC(C)=O)[C@H](OC(C)=O)[C@H]3OC(C)=O)[C@H](OC(C)=O)[C@H]2OC(C)=O)ccc1Cl. The molecular formula is C34H42ClNO19. The van der Waals surface area contributed by atoms with E-state index in [1.165, 1.54) is 25.3 Å². The van der Waals surface area contributed by atoms with Crippen LogP contribution in [0.15, 0.2) is 18.2 Å². The van der Waals surface area contributed by atoms with E-state index in [4.69, 9.17) is 63.7 Å². The largest absolute Gasteiger partial charge is 0.495 e. The van der Waals surface area contributed by atoms with Crippen LogP contribution in [-0.4, -0.2) is 129 Å². The molecule has 0 spiro atoms. The van der Waals surface area contributed by atoms with Crippen molar-refractivity contribution in [3.8, 4) is 5.75 Å². The average molecular weight is 804 g/mol. The Kier molecular flexibility index (Phi) is 16.2. The Morgan fingerprint density at radius 3 is 1.55 bits per heavy atom. The van der Waals surface area contributed by atoms with Gasteiger partial charge in [-0.05, 0) is 18.2 Å². The van der Waals surface area contributed by atoms with E-state index in [1.54, 1.807) is 0 Å². The van der Waals surface area contributed by atoms with Crippen LogP contribution in [0.3, 0.4) is 0 Å². The van der Waals surface area contributed by atoms with Gasteiger partial charge in [-0.3, -0.25) is 38.4 Å². The predicted octanol–water partition coefficient (Wildman–Crippen LogP) is 0.698. The molecule has 20 nitrogen and oxygen atoms in total. The smallest absolute Gasteiger partial charge is 0.303 e. The van der Waals surface area contributed by atoms with Crippen LogP contribution < -0.4 is 10.1 Å². The first-order valence-electron chi connectivity index (χ1n) is 16.5. The lowest BCUT2D eigenvalue weighted by atomic mass is 9.95. The summed E-state index contributed by atoms with van der Waals surface area (Å²) in [7, 11) is 1.33. The second kappa shape index (κ2) is 20.0. The second-order valence-corrected chi connectivity index (χ2v) is 12.4. The van der Waals surface area contributed by atoms with Crippen LogP contribution in [0.25, 0.3) is 0 Å². The summed E-state index contributed by atoms with van der Waals surface area (Å²) in [6.45, 7) is 6.00.